The first kappa shape index (κ1) is 16.4. The molecule has 120 valence electrons. The minimum absolute atomic E-state index is 0.0671. The van der Waals surface area contributed by atoms with Gasteiger partial charge in [0, 0.05) is 18.6 Å². The van der Waals surface area contributed by atoms with E-state index in [1.54, 1.807) is 0 Å². The summed E-state index contributed by atoms with van der Waals surface area (Å²) in [7, 11) is 0. The van der Waals surface area contributed by atoms with Gasteiger partial charge in [0.05, 0.1) is 0 Å². The number of nitrogens with two attached hydrogens (primary N) is 1. The van der Waals surface area contributed by atoms with Gasteiger partial charge in [0.2, 0.25) is 11.7 Å². The maximum absolute atomic E-state index is 6.46. The fourth-order valence-corrected chi connectivity index (χ4v) is 3.06. The van der Waals surface area contributed by atoms with Crippen molar-refractivity contribution >= 4 is 0 Å². The molecule has 2 rings (SSSR count). The predicted molar refractivity (Wildman–Crippen MR) is 81.8 cm³/mol. The quantitative estimate of drug-likeness (QED) is 0.901. The molecule has 5 nitrogen and oxygen atoms in total. The summed E-state index contributed by atoms with van der Waals surface area (Å²) in [6.07, 6.45) is 6.27. The lowest BCUT2D eigenvalue weighted by Crippen LogP contribution is -2.43. The van der Waals surface area contributed by atoms with Crippen molar-refractivity contribution in [2.45, 2.75) is 77.9 Å². The third-order valence-corrected chi connectivity index (χ3v) is 4.19. The van der Waals surface area contributed by atoms with E-state index in [0.717, 1.165) is 12.8 Å². The normalized spacial score (nSPS) is 20.4. The summed E-state index contributed by atoms with van der Waals surface area (Å²) in [5.74, 6) is 1.28. The standard InChI is InChI=1S/C16H29N3O2/c1-5-20-13(15(2,3)4)14-18-12(21-19-14)11-16(17)9-7-6-8-10-16/h13H,5-11,17H2,1-4H3. The molecule has 1 unspecified atom stereocenters. The van der Waals surface area contributed by atoms with Gasteiger partial charge in [-0.1, -0.05) is 45.2 Å². The van der Waals surface area contributed by atoms with Crippen molar-refractivity contribution in [1.82, 2.24) is 10.1 Å². The Labute approximate surface area is 127 Å². The van der Waals surface area contributed by atoms with E-state index < -0.39 is 0 Å². The van der Waals surface area contributed by atoms with Crippen molar-refractivity contribution in [2.75, 3.05) is 6.61 Å². The Morgan fingerprint density at radius 3 is 2.52 bits per heavy atom. The van der Waals surface area contributed by atoms with Gasteiger partial charge in [-0.25, -0.2) is 0 Å². The number of aromatic nitrogens is 2. The van der Waals surface area contributed by atoms with Crippen LogP contribution in [0.2, 0.25) is 0 Å². The van der Waals surface area contributed by atoms with Crippen LogP contribution < -0.4 is 5.73 Å². The van der Waals surface area contributed by atoms with Crippen molar-refractivity contribution < 1.29 is 9.26 Å². The average Bonchev–Trinajstić information content (AvgIpc) is 2.82. The molecule has 21 heavy (non-hydrogen) atoms. The number of ether oxygens (including phenoxy) is 1. The lowest BCUT2D eigenvalue weighted by atomic mass is 9.80. The van der Waals surface area contributed by atoms with Crippen LogP contribution in [0.5, 0.6) is 0 Å². The molecule has 0 aliphatic heterocycles. The molecule has 0 aromatic carbocycles. The average molecular weight is 295 g/mol. The van der Waals surface area contributed by atoms with Gasteiger partial charge in [-0.2, -0.15) is 4.98 Å². The number of hydrogen-bond donors (Lipinski definition) is 1. The molecule has 1 fully saturated rings. The number of nitrogens with zero attached hydrogens (tertiary/aromatic N) is 2. The van der Waals surface area contributed by atoms with Crippen LogP contribution in [0.1, 0.15) is 77.6 Å². The van der Waals surface area contributed by atoms with E-state index in [2.05, 4.69) is 30.9 Å². The molecule has 5 heteroatoms. The molecular weight excluding hydrogens is 266 g/mol. The molecule has 1 aliphatic carbocycles. The molecule has 0 amide bonds. The minimum Gasteiger partial charge on any atom is -0.370 e. The highest BCUT2D eigenvalue weighted by Crippen LogP contribution is 2.35. The summed E-state index contributed by atoms with van der Waals surface area (Å²) in [6, 6.07) is 0. The Balaban J connectivity index is 2.09. The van der Waals surface area contributed by atoms with Crippen LogP contribution in [-0.2, 0) is 11.2 Å². The van der Waals surface area contributed by atoms with E-state index in [1.807, 2.05) is 6.92 Å². The van der Waals surface area contributed by atoms with Crippen molar-refractivity contribution in [1.29, 1.82) is 0 Å². The van der Waals surface area contributed by atoms with Crippen LogP contribution in [-0.4, -0.2) is 22.3 Å². The first-order valence-corrected chi connectivity index (χ1v) is 8.07. The topological polar surface area (TPSA) is 74.2 Å². The second-order valence-corrected chi connectivity index (χ2v) is 7.35. The fraction of sp³-hybridized carbons (Fsp3) is 0.875. The van der Waals surface area contributed by atoms with Crippen LogP contribution in [0.15, 0.2) is 4.52 Å². The molecule has 1 aromatic heterocycles. The second kappa shape index (κ2) is 6.44. The van der Waals surface area contributed by atoms with E-state index in [1.165, 1.54) is 19.3 Å². The SMILES string of the molecule is CCOC(c1noc(CC2(N)CCCCC2)n1)C(C)(C)C. The zero-order chi connectivity index (χ0) is 15.5. The van der Waals surface area contributed by atoms with E-state index in [9.17, 15) is 0 Å². The zero-order valence-corrected chi connectivity index (χ0v) is 13.8. The molecule has 0 bridgehead atoms. The van der Waals surface area contributed by atoms with Gasteiger partial charge in [0.25, 0.3) is 0 Å². The Bertz CT molecular complexity index is 445. The lowest BCUT2D eigenvalue weighted by Gasteiger charge is -2.32. The summed E-state index contributed by atoms with van der Waals surface area (Å²) in [4.78, 5) is 4.55. The van der Waals surface area contributed by atoms with Gasteiger partial charge >= 0.3 is 0 Å². The van der Waals surface area contributed by atoms with E-state index >= 15 is 0 Å². The van der Waals surface area contributed by atoms with Crippen LogP contribution >= 0.6 is 0 Å². The third-order valence-electron chi connectivity index (χ3n) is 4.19. The summed E-state index contributed by atoms with van der Waals surface area (Å²) in [5.41, 5.74) is 6.22. The first-order valence-electron chi connectivity index (χ1n) is 8.07. The zero-order valence-electron chi connectivity index (χ0n) is 13.8. The Morgan fingerprint density at radius 1 is 1.29 bits per heavy atom. The van der Waals surface area contributed by atoms with E-state index in [4.69, 9.17) is 15.0 Å². The van der Waals surface area contributed by atoms with Crippen LogP contribution in [0, 0.1) is 5.41 Å². The van der Waals surface area contributed by atoms with Crippen molar-refractivity contribution in [2.24, 2.45) is 11.1 Å². The van der Waals surface area contributed by atoms with Gasteiger partial charge in [0.15, 0.2) is 0 Å². The summed E-state index contributed by atoms with van der Waals surface area (Å²) < 4.78 is 11.2. The minimum atomic E-state index is -0.176. The molecule has 0 radical (unpaired) electrons. The Kier molecular flexibility index (Phi) is 5.04. The molecule has 1 saturated carbocycles. The van der Waals surface area contributed by atoms with Gasteiger partial charge in [-0.15, -0.1) is 0 Å². The molecule has 2 N–H and O–H groups in total. The van der Waals surface area contributed by atoms with Crippen molar-refractivity contribution in [3.05, 3.63) is 11.7 Å². The highest BCUT2D eigenvalue weighted by molar-refractivity contribution is 5.01. The van der Waals surface area contributed by atoms with Crippen LogP contribution in [0.4, 0.5) is 0 Å². The Morgan fingerprint density at radius 2 is 1.95 bits per heavy atom. The van der Waals surface area contributed by atoms with Crippen LogP contribution in [0.3, 0.4) is 0 Å². The van der Waals surface area contributed by atoms with Gasteiger partial charge in [0.1, 0.15) is 6.10 Å². The summed E-state index contributed by atoms with van der Waals surface area (Å²) in [6.45, 7) is 8.97. The second-order valence-electron chi connectivity index (χ2n) is 7.35. The van der Waals surface area contributed by atoms with Crippen molar-refractivity contribution in [3.63, 3.8) is 0 Å². The molecule has 0 saturated heterocycles. The highest BCUT2D eigenvalue weighted by atomic mass is 16.5. The Hall–Kier alpha value is -0.940. The van der Waals surface area contributed by atoms with E-state index in [0.29, 0.717) is 24.7 Å². The first-order chi connectivity index (χ1) is 9.84. The highest BCUT2D eigenvalue weighted by Gasteiger charge is 2.33. The number of rotatable bonds is 5. The predicted octanol–water partition coefficient (Wildman–Crippen LogP) is 3.40. The summed E-state index contributed by atoms with van der Waals surface area (Å²) in [5, 5.41) is 4.13. The number of hydrogen-bond acceptors (Lipinski definition) is 5. The van der Waals surface area contributed by atoms with Gasteiger partial charge in [-0.3, -0.25) is 0 Å². The molecule has 1 atom stereocenters. The van der Waals surface area contributed by atoms with Crippen LogP contribution in [0.25, 0.3) is 0 Å². The molecule has 1 heterocycles. The molecule has 1 aromatic rings. The van der Waals surface area contributed by atoms with Crippen molar-refractivity contribution in [3.8, 4) is 0 Å². The van der Waals surface area contributed by atoms with E-state index in [-0.39, 0.29) is 17.1 Å². The largest absolute Gasteiger partial charge is 0.370 e. The molecule has 0 spiro atoms. The molecular formula is C16H29N3O2. The van der Waals surface area contributed by atoms with Gasteiger partial charge in [-0.05, 0) is 25.2 Å². The maximum atomic E-state index is 6.46. The smallest absolute Gasteiger partial charge is 0.228 e. The lowest BCUT2D eigenvalue weighted by molar-refractivity contribution is -0.0203. The monoisotopic (exact) mass is 295 g/mol. The summed E-state index contributed by atoms with van der Waals surface area (Å²) >= 11 is 0. The maximum Gasteiger partial charge on any atom is 0.228 e. The van der Waals surface area contributed by atoms with Gasteiger partial charge < -0.3 is 15.0 Å². The fourth-order valence-electron chi connectivity index (χ4n) is 3.06. The molecule has 1 aliphatic rings. The third kappa shape index (κ3) is 4.27.